The minimum atomic E-state index is -3.43. The number of amides is 3. The molecule has 6 atom stereocenters. The van der Waals surface area contributed by atoms with Gasteiger partial charge in [0.1, 0.15) is 15.7 Å². The van der Waals surface area contributed by atoms with Crippen molar-refractivity contribution in [2.24, 2.45) is 28.0 Å². The molecule has 11 heteroatoms. The number of nitrogens with one attached hydrogen (secondary N) is 2. The second-order valence-electron chi connectivity index (χ2n) is 14.7. The maximum atomic E-state index is 14.3. The molecule has 0 aromatic heterocycles. The van der Waals surface area contributed by atoms with Crippen LogP contribution in [0.5, 0.6) is 5.75 Å². The Morgan fingerprint density at radius 2 is 2.04 bits per heavy atom. The van der Waals surface area contributed by atoms with Gasteiger partial charge >= 0.3 is 6.03 Å². The average Bonchev–Trinajstić information content (AvgIpc) is 3.88. The molecule has 0 saturated heterocycles. The van der Waals surface area contributed by atoms with E-state index in [2.05, 4.69) is 43.6 Å². The van der Waals surface area contributed by atoms with Crippen molar-refractivity contribution in [3.05, 3.63) is 70.3 Å². The van der Waals surface area contributed by atoms with Gasteiger partial charge in [0, 0.05) is 42.7 Å². The van der Waals surface area contributed by atoms with Gasteiger partial charge in [-0.3, -0.25) is 9.52 Å². The highest BCUT2D eigenvalue weighted by molar-refractivity contribution is 7.92. The summed E-state index contributed by atoms with van der Waals surface area (Å²) in [5.41, 5.74) is 3.48. The van der Waals surface area contributed by atoms with Crippen LogP contribution in [0.2, 0.25) is 5.02 Å². The number of carbonyl (C=O) groups excluding carboxylic acids is 2. The number of rotatable bonds is 4. The molecule has 2 bridgehead atoms. The first-order valence-electron chi connectivity index (χ1n) is 17.5. The van der Waals surface area contributed by atoms with Crippen molar-refractivity contribution in [1.29, 1.82) is 0 Å². The molecule has 1 unspecified atom stereocenters. The van der Waals surface area contributed by atoms with E-state index in [0.29, 0.717) is 42.9 Å². The van der Waals surface area contributed by atoms with Crippen molar-refractivity contribution in [2.45, 2.75) is 69.8 Å². The van der Waals surface area contributed by atoms with E-state index in [9.17, 15) is 13.8 Å². The number of urea groups is 1. The van der Waals surface area contributed by atoms with Crippen molar-refractivity contribution in [3.8, 4) is 5.75 Å². The lowest BCUT2D eigenvalue weighted by Gasteiger charge is -2.46. The third kappa shape index (κ3) is 7.12. The summed E-state index contributed by atoms with van der Waals surface area (Å²) in [6.07, 6.45) is 12.2. The second kappa shape index (κ2) is 13.7. The zero-order chi connectivity index (χ0) is 33.5. The molecule has 3 aliphatic carbocycles. The Balaban J connectivity index is 1.28. The van der Waals surface area contributed by atoms with Gasteiger partial charge in [-0.15, -0.1) is 4.36 Å². The van der Waals surface area contributed by atoms with Crippen molar-refractivity contribution in [2.75, 3.05) is 44.0 Å². The van der Waals surface area contributed by atoms with Gasteiger partial charge in [-0.2, -0.15) is 0 Å². The van der Waals surface area contributed by atoms with Crippen LogP contribution < -0.4 is 19.7 Å². The number of nitrogens with zero attached hydrogens (tertiary/aromatic N) is 2. The van der Waals surface area contributed by atoms with Crippen LogP contribution in [0.3, 0.4) is 0 Å². The van der Waals surface area contributed by atoms with Crippen molar-refractivity contribution < 1.29 is 23.3 Å². The molecule has 2 aromatic rings. The highest BCUT2D eigenvalue weighted by atomic mass is 35.5. The average molecular weight is 695 g/mol. The molecular weight excluding hydrogens is 648 g/mol. The van der Waals surface area contributed by atoms with E-state index >= 15 is 0 Å². The standard InChI is InChI=1S/C37H47ClN4O5S/c1-24-5-3-7-33(46-2)30-13-10-28(30)20-42-22-37(16-4-6-26-17-29(38)12-14-31(26)37)23-47-34-15-11-27(18-32(34)42)35(43)40-48(45,21-24)41-36(44)39-19-25-8-9-25/h3,7,11-12,14-15,17-18,24-25,28,30,33H,4-6,8-10,13,16,19-23H2,1-2H3,(H2,39,40,41,43,44,45)/b7-3-/t24-,28-,30+,33-,37-,48?/m0/s1. The maximum absolute atomic E-state index is 14.3. The summed E-state index contributed by atoms with van der Waals surface area (Å²) in [5, 5.41) is 3.56. The number of methoxy groups -OCH3 is 1. The molecule has 2 heterocycles. The lowest BCUT2D eigenvalue weighted by atomic mass is 9.68. The fraction of sp³-hybridized carbons (Fsp3) is 0.568. The number of hydrogen-bond donors (Lipinski definition) is 2. The Bertz CT molecular complexity index is 1720. The van der Waals surface area contributed by atoms with E-state index in [4.69, 9.17) is 21.1 Å². The molecule has 0 radical (unpaired) electrons. The molecule has 5 aliphatic rings. The monoisotopic (exact) mass is 694 g/mol. The van der Waals surface area contributed by atoms with E-state index in [0.717, 1.165) is 74.5 Å². The molecule has 9 nitrogen and oxygen atoms in total. The van der Waals surface area contributed by atoms with Gasteiger partial charge < -0.3 is 19.7 Å². The van der Waals surface area contributed by atoms with Gasteiger partial charge in [-0.25, -0.2) is 9.00 Å². The minimum absolute atomic E-state index is 0.0358. The summed E-state index contributed by atoms with van der Waals surface area (Å²) >= 11 is 6.44. The van der Waals surface area contributed by atoms with Crippen LogP contribution in [0.15, 0.2) is 52.9 Å². The lowest BCUT2D eigenvalue weighted by Crippen LogP contribution is -2.49. The molecule has 1 spiro atoms. The first kappa shape index (κ1) is 33.4. The molecule has 3 amide bonds. The van der Waals surface area contributed by atoms with Crippen LogP contribution in [-0.4, -0.2) is 61.4 Å². The van der Waals surface area contributed by atoms with Gasteiger partial charge in [0.15, 0.2) is 0 Å². The predicted octanol–water partition coefficient (Wildman–Crippen LogP) is 6.68. The Morgan fingerprint density at radius 3 is 2.81 bits per heavy atom. The van der Waals surface area contributed by atoms with E-state index in [1.807, 2.05) is 25.1 Å². The summed E-state index contributed by atoms with van der Waals surface area (Å²) in [6.45, 7) is 4.54. The first-order chi connectivity index (χ1) is 23.1. The molecule has 258 valence electrons. The third-order valence-electron chi connectivity index (χ3n) is 11.0. The summed E-state index contributed by atoms with van der Waals surface area (Å²) in [4.78, 5) is 29.1. The number of carbonyl (C=O) groups is 2. The van der Waals surface area contributed by atoms with Gasteiger partial charge in [0.05, 0.1) is 24.2 Å². The van der Waals surface area contributed by atoms with Crippen LogP contribution in [0, 0.1) is 23.7 Å². The van der Waals surface area contributed by atoms with E-state index in [1.165, 1.54) is 11.1 Å². The quantitative estimate of drug-likeness (QED) is 0.346. The fourth-order valence-electron chi connectivity index (χ4n) is 8.11. The fourth-order valence-corrected chi connectivity index (χ4v) is 10.1. The number of halogens is 1. The summed E-state index contributed by atoms with van der Waals surface area (Å²) in [7, 11) is -1.66. The normalized spacial score (nSPS) is 32.4. The number of aryl methyl sites for hydroxylation is 1. The van der Waals surface area contributed by atoms with Crippen molar-refractivity contribution in [3.63, 3.8) is 0 Å². The lowest BCUT2D eigenvalue weighted by molar-refractivity contribution is 0.0131. The van der Waals surface area contributed by atoms with Crippen LogP contribution >= 0.6 is 11.6 Å². The number of anilines is 1. The number of benzene rings is 2. The van der Waals surface area contributed by atoms with E-state index in [1.54, 1.807) is 13.2 Å². The Kier molecular flexibility index (Phi) is 9.52. The molecular formula is C37H47ClN4O5S. The molecule has 2 saturated carbocycles. The summed E-state index contributed by atoms with van der Waals surface area (Å²) in [5.74, 6) is 1.28. The smallest absolute Gasteiger partial charge is 0.327 e. The Hall–Kier alpha value is -3.08. The SMILES string of the molecule is CO[C@H]1/C=C\C[C@H](C)CS(=O)(NC(=O)NCC2CC2)=NC(=O)c2ccc3c(c2)N(C[C@@H]2CC[C@H]21)C[C@@]1(CCCc2cc(Cl)ccc21)CO3. The zero-order valence-electron chi connectivity index (χ0n) is 27.9. The molecule has 7 rings (SSSR count). The summed E-state index contributed by atoms with van der Waals surface area (Å²) < 4.78 is 33.8. The first-order valence-corrected chi connectivity index (χ1v) is 19.5. The maximum Gasteiger partial charge on any atom is 0.327 e. The molecule has 48 heavy (non-hydrogen) atoms. The largest absolute Gasteiger partial charge is 0.490 e. The Morgan fingerprint density at radius 1 is 1.19 bits per heavy atom. The van der Waals surface area contributed by atoms with Gasteiger partial charge in [-0.1, -0.05) is 36.7 Å². The Labute approximate surface area is 289 Å². The second-order valence-corrected chi connectivity index (χ2v) is 17.2. The summed E-state index contributed by atoms with van der Waals surface area (Å²) in [6, 6.07) is 11.1. The zero-order valence-corrected chi connectivity index (χ0v) is 29.5. The third-order valence-corrected chi connectivity index (χ3v) is 13.2. The topological polar surface area (TPSA) is 109 Å². The highest BCUT2D eigenvalue weighted by Crippen LogP contribution is 2.47. The van der Waals surface area contributed by atoms with Crippen molar-refractivity contribution >= 4 is 39.1 Å². The van der Waals surface area contributed by atoms with Crippen LogP contribution in [0.25, 0.3) is 0 Å². The van der Waals surface area contributed by atoms with Crippen molar-refractivity contribution in [1.82, 2.24) is 10.0 Å². The van der Waals surface area contributed by atoms with E-state index < -0.39 is 21.9 Å². The number of fused-ring (bicyclic) bond motifs is 4. The minimum Gasteiger partial charge on any atom is -0.490 e. The van der Waals surface area contributed by atoms with Gasteiger partial charge in [0.25, 0.3) is 5.91 Å². The molecule has 2 fully saturated rings. The number of allylic oxidation sites excluding steroid dienone is 1. The van der Waals surface area contributed by atoms with Gasteiger partial charge in [-0.05, 0) is 116 Å². The molecule has 2 N–H and O–H groups in total. The highest BCUT2D eigenvalue weighted by Gasteiger charge is 2.44. The van der Waals surface area contributed by atoms with Gasteiger partial charge in [0.2, 0.25) is 0 Å². The number of ether oxygens (including phenoxy) is 2. The number of hydrogen-bond acceptors (Lipinski definition) is 6. The predicted molar refractivity (Wildman–Crippen MR) is 189 cm³/mol. The van der Waals surface area contributed by atoms with Crippen LogP contribution in [-0.2, 0) is 26.5 Å². The van der Waals surface area contributed by atoms with Crippen LogP contribution in [0.4, 0.5) is 10.5 Å². The molecule has 2 aromatic carbocycles. The molecule has 2 aliphatic heterocycles. The van der Waals surface area contributed by atoms with E-state index in [-0.39, 0.29) is 23.2 Å². The van der Waals surface area contributed by atoms with Crippen LogP contribution in [0.1, 0.15) is 73.4 Å².